The van der Waals surface area contributed by atoms with E-state index in [-0.39, 0.29) is 12.3 Å². The number of rotatable bonds is 3. The number of nitrogens with one attached hydrogen (secondary N) is 1. The van der Waals surface area contributed by atoms with Gasteiger partial charge in [-0.3, -0.25) is 0 Å². The zero-order valence-corrected chi connectivity index (χ0v) is 10.0. The van der Waals surface area contributed by atoms with Crippen molar-refractivity contribution in [2.75, 3.05) is 18.6 Å². The number of anilines is 1. The molecule has 7 heteroatoms. The van der Waals surface area contributed by atoms with Gasteiger partial charge in [0.05, 0.1) is 12.1 Å². The van der Waals surface area contributed by atoms with Crippen LogP contribution < -0.4 is 10.6 Å². The van der Waals surface area contributed by atoms with Crippen LogP contribution in [0.15, 0.2) is 16.9 Å². The number of hydrogen-bond acceptors (Lipinski definition) is 5. The van der Waals surface area contributed by atoms with Crippen LogP contribution in [0.25, 0.3) is 5.65 Å². The Morgan fingerprint density at radius 3 is 2.88 bits per heavy atom. The van der Waals surface area contributed by atoms with Crippen molar-refractivity contribution in [2.24, 2.45) is 0 Å². The van der Waals surface area contributed by atoms with Gasteiger partial charge in [-0.1, -0.05) is 0 Å². The SMILES string of the molecule is CN(c1ccc2n[nH]c(=O)n2n1)C(C)(C)CO. The van der Waals surface area contributed by atoms with E-state index >= 15 is 0 Å². The molecule has 0 aliphatic rings. The number of hydrogen-bond donors (Lipinski definition) is 2. The van der Waals surface area contributed by atoms with Crippen molar-refractivity contribution < 1.29 is 5.11 Å². The number of aliphatic hydroxyl groups excluding tert-OH is 1. The Labute approximate surface area is 97.7 Å². The first-order valence-electron chi connectivity index (χ1n) is 5.25. The molecule has 17 heavy (non-hydrogen) atoms. The molecule has 0 saturated carbocycles. The average Bonchev–Trinajstić information content (AvgIpc) is 2.69. The molecule has 0 bridgehead atoms. The Hall–Kier alpha value is -1.89. The Morgan fingerprint density at radius 2 is 2.24 bits per heavy atom. The average molecular weight is 237 g/mol. The minimum absolute atomic E-state index is 0.0104. The van der Waals surface area contributed by atoms with E-state index < -0.39 is 5.54 Å². The first-order chi connectivity index (χ1) is 7.95. The van der Waals surface area contributed by atoms with Gasteiger partial charge in [-0.05, 0) is 26.0 Å². The number of aromatic nitrogens is 4. The standard InChI is InChI=1S/C10H15N5O2/c1-10(2,6-16)14(3)8-5-4-7-11-12-9(17)15(7)13-8/h4-5,16H,6H2,1-3H3,(H,12,17). The van der Waals surface area contributed by atoms with Gasteiger partial charge in [0.15, 0.2) is 5.65 Å². The van der Waals surface area contributed by atoms with Gasteiger partial charge in [0.25, 0.3) is 0 Å². The topological polar surface area (TPSA) is 86.5 Å². The minimum atomic E-state index is -0.450. The smallest absolute Gasteiger partial charge is 0.364 e. The van der Waals surface area contributed by atoms with Gasteiger partial charge in [-0.15, -0.1) is 5.10 Å². The predicted octanol–water partition coefficient (Wildman–Crippen LogP) is -0.375. The molecule has 7 nitrogen and oxygen atoms in total. The van der Waals surface area contributed by atoms with Crippen molar-refractivity contribution in [3.63, 3.8) is 0 Å². The predicted molar refractivity (Wildman–Crippen MR) is 63.2 cm³/mol. The van der Waals surface area contributed by atoms with Crippen molar-refractivity contribution in [1.82, 2.24) is 19.8 Å². The normalized spacial score (nSPS) is 12.0. The molecule has 0 aliphatic carbocycles. The molecule has 2 aromatic heterocycles. The summed E-state index contributed by atoms with van der Waals surface area (Å²) < 4.78 is 1.19. The Bertz CT molecular complexity index is 586. The van der Waals surface area contributed by atoms with Crippen LogP contribution in [0.3, 0.4) is 0 Å². The van der Waals surface area contributed by atoms with Crippen molar-refractivity contribution in [2.45, 2.75) is 19.4 Å². The zero-order chi connectivity index (χ0) is 12.6. The maximum absolute atomic E-state index is 11.4. The van der Waals surface area contributed by atoms with E-state index in [2.05, 4.69) is 15.3 Å². The number of aliphatic hydroxyl groups is 1. The Balaban J connectivity index is 2.49. The highest BCUT2D eigenvalue weighted by Gasteiger charge is 2.24. The molecule has 0 unspecified atom stereocenters. The fourth-order valence-electron chi connectivity index (χ4n) is 1.39. The number of likely N-dealkylation sites (N-methyl/N-ethyl adjacent to an activating group) is 1. The fraction of sp³-hybridized carbons (Fsp3) is 0.500. The highest BCUT2D eigenvalue weighted by atomic mass is 16.3. The maximum atomic E-state index is 11.4. The molecular weight excluding hydrogens is 222 g/mol. The molecule has 2 heterocycles. The molecule has 2 rings (SSSR count). The minimum Gasteiger partial charge on any atom is -0.394 e. The lowest BCUT2D eigenvalue weighted by atomic mass is 10.1. The summed E-state index contributed by atoms with van der Waals surface area (Å²) in [6.45, 7) is 3.76. The van der Waals surface area contributed by atoms with Crippen LogP contribution in [0.2, 0.25) is 0 Å². The molecule has 0 aromatic carbocycles. The van der Waals surface area contributed by atoms with E-state index in [0.717, 1.165) is 0 Å². The molecule has 0 amide bonds. The van der Waals surface area contributed by atoms with Gasteiger partial charge in [0, 0.05) is 7.05 Å². The molecule has 0 saturated heterocycles. The van der Waals surface area contributed by atoms with E-state index in [4.69, 9.17) is 0 Å². The number of H-pyrrole nitrogens is 1. The van der Waals surface area contributed by atoms with Crippen LogP contribution in [-0.4, -0.2) is 44.1 Å². The lowest BCUT2D eigenvalue weighted by Crippen LogP contribution is -2.45. The number of nitrogens with zero attached hydrogens (tertiary/aromatic N) is 4. The lowest BCUT2D eigenvalue weighted by Gasteiger charge is -2.34. The highest BCUT2D eigenvalue weighted by molar-refractivity contribution is 5.46. The van der Waals surface area contributed by atoms with Crippen LogP contribution in [-0.2, 0) is 0 Å². The second-order valence-electron chi connectivity index (χ2n) is 4.52. The van der Waals surface area contributed by atoms with E-state index in [1.165, 1.54) is 4.52 Å². The van der Waals surface area contributed by atoms with Crippen LogP contribution in [0.1, 0.15) is 13.8 Å². The molecule has 0 spiro atoms. The summed E-state index contributed by atoms with van der Waals surface area (Å²) in [5, 5.41) is 19.6. The third-order valence-electron chi connectivity index (χ3n) is 2.90. The van der Waals surface area contributed by atoms with Gasteiger partial charge in [0.2, 0.25) is 0 Å². The Kier molecular flexibility index (Phi) is 2.62. The fourth-order valence-corrected chi connectivity index (χ4v) is 1.39. The van der Waals surface area contributed by atoms with Crippen LogP contribution in [0.4, 0.5) is 5.82 Å². The Morgan fingerprint density at radius 1 is 1.53 bits per heavy atom. The van der Waals surface area contributed by atoms with Gasteiger partial charge in [-0.25, -0.2) is 9.89 Å². The van der Waals surface area contributed by atoms with E-state index in [1.807, 2.05) is 25.8 Å². The summed E-state index contributed by atoms with van der Waals surface area (Å²) in [4.78, 5) is 13.2. The van der Waals surface area contributed by atoms with Crippen LogP contribution in [0, 0.1) is 0 Å². The van der Waals surface area contributed by atoms with Gasteiger partial charge >= 0.3 is 5.69 Å². The van der Waals surface area contributed by atoms with Crippen LogP contribution in [0.5, 0.6) is 0 Å². The molecule has 0 fully saturated rings. The number of fused-ring (bicyclic) bond motifs is 1. The van der Waals surface area contributed by atoms with Gasteiger partial charge < -0.3 is 10.0 Å². The van der Waals surface area contributed by atoms with Crippen molar-refractivity contribution >= 4 is 11.5 Å². The van der Waals surface area contributed by atoms with E-state index in [1.54, 1.807) is 12.1 Å². The van der Waals surface area contributed by atoms with E-state index in [9.17, 15) is 9.90 Å². The van der Waals surface area contributed by atoms with Gasteiger partial charge in [-0.2, -0.15) is 9.61 Å². The first-order valence-corrected chi connectivity index (χ1v) is 5.25. The first kappa shape index (κ1) is 11.6. The van der Waals surface area contributed by atoms with Crippen molar-refractivity contribution in [3.8, 4) is 0 Å². The summed E-state index contributed by atoms with van der Waals surface area (Å²) in [6, 6.07) is 3.46. The van der Waals surface area contributed by atoms with Crippen LogP contribution >= 0.6 is 0 Å². The molecule has 0 aliphatic heterocycles. The third kappa shape index (κ3) is 1.89. The molecule has 0 atom stereocenters. The summed E-state index contributed by atoms with van der Waals surface area (Å²) in [6.07, 6.45) is 0. The van der Waals surface area contributed by atoms with Crippen molar-refractivity contribution in [1.29, 1.82) is 0 Å². The molecular formula is C10H15N5O2. The monoisotopic (exact) mass is 237 g/mol. The number of aromatic amines is 1. The third-order valence-corrected chi connectivity index (χ3v) is 2.90. The second kappa shape index (κ2) is 3.85. The van der Waals surface area contributed by atoms with Gasteiger partial charge in [0.1, 0.15) is 5.82 Å². The molecule has 92 valence electrons. The summed E-state index contributed by atoms with van der Waals surface area (Å²) in [5.41, 5.74) is -0.361. The zero-order valence-electron chi connectivity index (χ0n) is 10.0. The van der Waals surface area contributed by atoms with E-state index in [0.29, 0.717) is 11.5 Å². The van der Waals surface area contributed by atoms with Crippen molar-refractivity contribution in [3.05, 3.63) is 22.6 Å². The second-order valence-corrected chi connectivity index (χ2v) is 4.52. The summed E-state index contributed by atoms with van der Waals surface area (Å²) in [7, 11) is 1.81. The summed E-state index contributed by atoms with van der Waals surface area (Å²) in [5.74, 6) is 0.597. The molecule has 0 radical (unpaired) electrons. The molecule has 2 aromatic rings. The summed E-state index contributed by atoms with van der Waals surface area (Å²) >= 11 is 0. The quantitative estimate of drug-likeness (QED) is 0.760. The maximum Gasteiger partial charge on any atom is 0.364 e. The highest BCUT2D eigenvalue weighted by Crippen LogP contribution is 2.19. The lowest BCUT2D eigenvalue weighted by molar-refractivity contribution is 0.215. The molecule has 2 N–H and O–H groups in total. The largest absolute Gasteiger partial charge is 0.394 e.